The number of nitrogens with zero attached hydrogens (tertiary/aromatic N) is 1. The van der Waals surface area contributed by atoms with Gasteiger partial charge in [0.15, 0.2) is 0 Å². The smallest absolute Gasteiger partial charge is 0.335 e. The summed E-state index contributed by atoms with van der Waals surface area (Å²) >= 11 is 7.25. The van der Waals surface area contributed by atoms with Gasteiger partial charge in [-0.3, -0.25) is 14.5 Å². The molecule has 2 amide bonds. The molecule has 138 valence electrons. The Bertz CT molecular complexity index is 982. The molecule has 0 unspecified atom stereocenters. The second-order valence-corrected chi connectivity index (χ2v) is 8.31. The predicted octanol–water partition coefficient (Wildman–Crippen LogP) is 4.85. The number of halogens is 2. The quantitative estimate of drug-likeness (QED) is 0.568. The van der Waals surface area contributed by atoms with E-state index < -0.39 is 17.1 Å². The number of carboxylic acids is 1. The molecule has 1 aliphatic heterocycles. The van der Waals surface area contributed by atoms with Crippen molar-refractivity contribution in [3.8, 4) is 5.75 Å². The van der Waals surface area contributed by atoms with Crippen LogP contribution in [0.25, 0.3) is 6.08 Å². The Balaban J connectivity index is 1.85. The molecule has 6 nitrogen and oxygen atoms in total. The van der Waals surface area contributed by atoms with Crippen molar-refractivity contribution in [3.05, 3.63) is 66.9 Å². The van der Waals surface area contributed by atoms with Crippen LogP contribution >= 0.6 is 43.6 Å². The molecule has 0 radical (unpaired) electrons. The first kappa shape index (κ1) is 19.7. The maximum absolute atomic E-state index is 12.6. The van der Waals surface area contributed by atoms with Crippen molar-refractivity contribution in [1.29, 1.82) is 0 Å². The summed E-state index contributed by atoms with van der Waals surface area (Å²) in [6.45, 7) is -0.00784. The summed E-state index contributed by atoms with van der Waals surface area (Å²) in [5, 5.41) is 18.4. The molecular formula is C18H11Br2NO5S. The van der Waals surface area contributed by atoms with Gasteiger partial charge in [-0.25, -0.2) is 4.79 Å². The summed E-state index contributed by atoms with van der Waals surface area (Å²) in [7, 11) is 0. The van der Waals surface area contributed by atoms with Gasteiger partial charge in [0.05, 0.1) is 26.0 Å². The zero-order chi connectivity index (χ0) is 19.7. The van der Waals surface area contributed by atoms with E-state index in [-0.39, 0.29) is 22.8 Å². The Hall–Kier alpha value is -2.10. The normalized spacial score (nSPS) is 15.6. The van der Waals surface area contributed by atoms with Crippen molar-refractivity contribution in [1.82, 2.24) is 4.90 Å². The molecule has 2 aromatic carbocycles. The number of imide groups is 1. The average molecular weight is 513 g/mol. The van der Waals surface area contributed by atoms with Gasteiger partial charge >= 0.3 is 5.97 Å². The number of phenols is 1. The second kappa shape index (κ2) is 7.87. The molecule has 3 rings (SSSR count). The van der Waals surface area contributed by atoms with E-state index in [9.17, 15) is 19.5 Å². The summed E-state index contributed by atoms with van der Waals surface area (Å²) in [6.07, 6.45) is 1.56. The van der Waals surface area contributed by atoms with Crippen LogP contribution < -0.4 is 0 Å². The number of hydrogen-bond donors (Lipinski definition) is 2. The Morgan fingerprint density at radius 2 is 1.81 bits per heavy atom. The Morgan fingerprint density at radius 3 is 2.44 bits per heavy atom. The SMILES string of the molecule is O=C(O)c1cccc(CN2C(=O)SC(=Cc3cc(Br)c(O)c(Br)c3)C2=O)c1. The van der Waals surface area contributed by atoms with Crippen LogP contribution in [0.5, 0.6) is 5.75 Å². The van der Waals surface area contributed by atoms with Crippen molar-refractivity contribution in [3.63, 3.8) is 0 Å². The Labute approximate surface area is 175 Å². The molecule has 9 heteroatoms. The molecule has 1 aliphatic rings. The molecule has 1 saturated heterocycles. The zero-order valence-corrected chi connectivity index (χ0v) is 17.5. The number of thioether (sulfide) groups is 1. The number of rotatable bonds is 4. The number of aromatic hydroxyl groups is 1. The summed E-state index contributed by atoms with van der Waals surface area (Å²) in [5.74, 6) is -1.49. The van der Waals surface area contributed by atoms with Gasteiger partial charge in [0.2, 0.25) is 0 Å². The molecule has 0 spiro atoms. The van der Waals surface area contributed by atoms with Gasteiger partial charge in [-0.2, -0.15) is 0 Å². The monoisotopic (exact) mass is 511 g/mol. The first-order valence-corrected chi connectivity index (χ1v) is 9.92. The minimum Gasteiger partial charge on any atom is -0.506 e. The molecule has 0 saturated carbocycles. The highest BCUT2D eigenvalue weighted by molar-refractivity contribution is 9.11. The molecule has 0 bridgehead atoms. The van der Waals surface area contributed by atoms with Crippen molar-refractivity contribution < 1.29 is 24.6 Å². The van der Waals surface area contributed by atoms with Crippen LogP contribution in [0.3, 0.4) is 0 Å². The van der Waals surface area contributed by atoms with Crippen LogP contribution in [-0.4, -0.2) is 32.2 Å². The van der Waals surface area contributed by atoms with E-state index >= 15 is 0 Å². The lowest BCUT2D eigenvalue weighted by atomic mass is 10.1. The summed E-state index contributed by atoms with van der Waals surface area (Å²) in [5.41, 5.74) is 1.27. The van der Waals surface area contributed by atoms with Crippen LogP contribution in [0, 0.1) is 0 Å². The van der Waals surface area contributed by atoms with Crippen molar-refractivity contribution in [2.45, 2.75) is 6.54 Å². The highest BCUT2D eigenvalue weighted by atomic mass is 79.9. The van der Waals surface area contributed by atoms with E-state index in [1.807, 2.05) is 0 Å². The fourth-order valence-corrected chi connectivity index (χ4v) is 4.50. The van der Waals surface area contributed by atoms with Crippen LogP contribution in [0.15, 0.2) is 50.2 Å². The van der Waals surface area contributed by atoms with Gasteiger partial charge in [-0.15, -0.1) is 0 Å². The number of benzene rings is 2. The fourth-order valence-electron chi connectivity index (χ4n) is 2.44. The van der Waals surface area contributed by atoms with Gasteiger partial charge in [-0.1, -0.05) is 12.1 Å². The number of carbonyl (C=O) groups excluding carboxylic acids is 2. The summed E-state index contributed by atoms with van der Waals surface area (Å²) < 4.78 is 0.903. The molecule has 1 heterocycles. The van der Waals surface area contributed by atoms with E-state index in [4.69, 9.17) is 5.11 Å². The van der Waals surface area contributed by atoms with Gasteiger partial charge in [0.25, 0.3) is 11.1 Å². The second-order valence-electron chi connectivity index (χ2n) is 5.61. The van der Waals surface area contributed by atoms with E-state index in [1.54, 1.807) is 30.3 Å². The molecule has 2 N–H and O–H groups in total. The maximum Gasteiger partial charge on any atom is 0.335 e. The average Bonchev–Trinajstić information content (AvgIpc) is 2.87. The predicted molar refractivity (Wildman–Crippen MR) is 108 cm³/mol. The van der Waals surface area contributed by atoms with E-state index in [0.717, 1.165) is 16.7 Å². The third kappa shape index (κ3) is 4.26. The van der Waals surface area contributed by atoms with Gasteiger partial charge in [0.1, 0.15) is 5.75 Å². The third-order valence-electron chi connectivity index (χ3n) is 3.73. The molecule has 27 heavy (non-hydrogen) atoms. The minimum absolute atomic E-state index is 0.00784. The first-order valence-electron chi connectivity index (χ1n) is 7.52. The van der Waals surface area contributed by atoms with Gasteiger partial charge < -0.3 is 10.2 Å². The zero-order valence-electron chi connectivity index (χ0n) is 13.5. The van der Waals surface area contributed by atoms with Crippen LogP contribution in [0.4, 0.5) is 4.79 Å². The van der Waals surface area contributed by atoms with Crippen LogP contribution in [0.2, 0.25) is 0 Å². The first-order chi connectivity index (χ1) is 12.8. The number of carboxylic acid groups (broad SMARTS) is 1. The van der Waals surface area contributed by atoms with Crippen LogP contribution in [-0.2, 0) is 11.3 Å². The number of hydrogen-bond acceptors (Lipinski definition) is 5. The molecule has 0 aliphatic carbocycles. The highest BCUT2D eigenvalue weighted by Gasteiger charge is 2.35. The number of aromatic carboxylic acids is 1. The Morgan fingerprint density at radius 1 is 1.15 bits per heavy atom. The maximum atomic E-state index is 12.6. The lowest BCUT2D eigenvalue weighted by Crippen LogP contribution is -2.27. The van der Waals surface area contributed by atoms with Crippen molar-refractivity contribution >= 4 is 66.8 Å². The third-order valence-corrected chi connectivity index (χ3v) is 5.84. The largest absolute Gasteiger partial charge is 0.506 e. The van der Waals surface area contributed by atoms with Crippen molar-refractivity contribution in [2.24, 2.45) is 0 Å². The number of phenolic OH excluding ortho intramolecular Hbond substituents is 1. The standard InChI is InChI=1S/C18H11Br2NO5S/c19-12-5-10(6-13(20)15(12)22)7-14-16(23)21(18(26)27-14)8-9-2-1-3-11(4-9)17(24)25/h1-7,22H,8H2,(H,24,25). The van der Waals surface area contributed by atoms with Gasteiger partial charge in [-0.05, 0) is 85.1 Å². The molecule has 0 atom stereocenters. The van der Waals surface area contributed by atoms with E-state index in [0.29, 0.717) is 20.1 Å². The molecule has 2 aromatic rings. The van der Waals surface area contributed by atoms with Crippen LogP contribution in [0.1, 0.15) is 21.5 Å². The van der Waals surface area contributed by atoms with E-state index in [2.05, 4.69) is 31.9 Å². The Kier molecular flexibility index (Phi) is 5.73. The number of amides is 2. The van der Waals surface area contributed by atoms with Crippen molar-refractivity contribution in [2.75, 3.05) is 0 Å². The molecular weight excluding hydrogens is 502 g/mol. The summed E-state index contributed by atoms with van der Waals surface area (Å²) in [6, 6.07) is 9.37. The topological polar surface area (TPSA) is 94.9 Å². The summed E-state index contributed by atoms with van der Waals surface area (Å²) in [4.78, 5) is 37.2. The number of carbonyl (C=O) groups is 3. The van der Waals surface area contributed by atoms with E-state index in [1.165, 1.54) is 12.1 Å². The lowest BCUT2D eigenvalue weighted by Gasteiger charge is -2.12. The lowest BCUT2D eigenvalue weighted by molar-refractivity contribution is -0.123. The molecule has 0 aromatic heterocycles. The fraction of sp³-hybridized carbons (Fsp3) is 0.0556. The molecule has 1 fully saturated rings. The van der Waals surface area contributed by atoms with Gasteiger partial charge in [0, 0.05) is 0 Å². The highest BCUT2D eigenvalue weighted by Crippen LogP contribution is 2.37. The minimum atomic E-state index is -1.07.